The molecule has 1 aliphatic rings. The van der Waals surface area contributed by atoms with E-state index in [0.717, 1.165) is 0 Å². The van der Waals surface area contributed by atoms with Crippen LogP contribution in [0.4, 0.5) is 4.39 Å². The second-order valence-electron chi connectivity index (χ2n) is 3.50. The average molecular weight is 217 g/mol. The first-order valence-corrected chi connectivity index (χ1v) is 4.70. The van der Waals surface area contributed by atoms with Gasteiger partial charge in [0, 0.05) is 0 Å². The van der Waals surface area contributed by atoms with Gasteiger partial charge in [0.15, 0.2) is 11.6 Å². The van der Waals surface area contributed by atoms with Gasteiger partial charge in [-0.3, -0.25) is 0 Å². The lowest BCUT2D eigenvalue weighted by Gasteiger charge is -2.11. The van der Waals surface area contributed by atoms with Crippen molar-refractivity contribution >= 4 is 11.6 Å². The Morgan fingerprint density at radius 1 is 1.50 bits per heavy atom. The highest BCUT2D eigenvalue weighted by Gasteiger charge is 2.42. The monoisotopic (exact) mass is 216 g/mol. The fourth-order valence-corrected chi connectivity index (χ4v) is 1.72. The Hall–Kier alpha value is -0.800. The predicted octanol–water partition coefficient (Wildman–Crippen LogP) is 2.47. The van der Waals surface area contributed by atoms with E-state index in [1.165, 1.54) is 13.2 Å². The summed E-state index contributed by atoms with van der Waals surface area (Å²) in [6, 6.07) is 2.83. The summed E-state index contributed by atoms with van der Waals surface area (Å²) in [5.41, 5.74) is -0.336. The lowest BCUT2D eigenvalue weighted by atomic mass is 10.1. The Labute approximate surface area is 86.3 Å². The minimum Gasteiger partial charge on any atom is -0.492 e. The molecule has 1 fully saturated rings. The van der Waals surface area contributed by atoms with Gasteiger partial charge in [0.05, 0.1) is 17.7 Å². The van der Waals surface area contributed by atoms with Crippen LogP contribution in [-0.4, -0.2) is 12.2 Å². The van der Waals surface area contributed by atoms with Crippen molar-refractivity contribution in [3.05, 3.63) is 28.5 Å². The summed E-state index contributed by atoms with van der Waals surface area (Å²) in [6.45, 7) is 0. The molecule has 2 rings (SSSR count). The van der Waals surface area contributed by atoms with Crippen LogP contribution in [0.1, 0.15) is 18.4 Å². The first-order chi connectivity index (χ1) is 6.57. The van der Waals surface area contributed by atoms with Gasteiger partial charge in [-0.2, -0.15) is 0 Å². The van der Waals surface area contributed by atoms with E-state index in [0.29, 0.717) is 18.4 Å². The van der Waals surface area contributed by atoms with E-state index < -0.39 is 11.4 Å². The third kappa shape index (κ3) is 1.47. The lowest BCUT2D eigenvalue weighted by Crippen LogP contribution is -2.05. The molecule has 0 heterocycles. The fourth-order valence-electron chi connectivity index (χ4n) is 1.43. The van der Waals surface area contributed by atoms with E-state index in [2.05, 4.69) is 0 Å². The number of benzene rings is 1. The molecule has 14 heavy (non-hydrogen) atoms. The molecule has 4 heteroatoms. The predicted molar refractivity (Wildman–Crippen MR) is 51.1 cm³/mol. The number of rotatable bonds is 2. The van der Waals surface area contributed by atoms with Crippen LogP contribution in [-0.2, 0) is 5.60 Å². The molecule has 0 atom stereocenters. The molecule has 1 aromatic carbocycles. The van der Waals surface area contributed by atoms with Crippen LogP contribution in [0.15, 0.2) is 12.1 Å². The number of methoxy groups -OCH3 is 1. The fraction of sp³-hybridized carbons (Fsp3) is 0.400. The van der Waals surface area contributed by atoms with Crippen molar-refractivity contribution in [2.45, 2.75) is 18.4 Å². The summed E-state index contributed by atoms with van der Waals surface area (Å²) < 4.78 is 18.1. The van der Waals surface area contributed by atoms with Crippen molar-refractivity contribution in [2.75, 3.05) is 7.11 Å². The smallest absolute Gasteiger partial charge is 0.173 e. The summed E-state index contributed by atoms with van der Waals surface area (Å²) in [6.07, 6.45) is 1.32. The van der Waals surface area contributed by atoms with Gasteiger partial charge in [-0.25, -0.2) is 4.39 Å². The molecule has 0 amide bonds. The second-order valence-corrected chi connectivity index (χ2v) is 3.91. The van der Waals surface area contributed by atoms with Crippen molar-refractivity contribution in [1.29, 1.82) is 0 Å². The highest BCUT2D eigenvalue weighted by atomic mass is 35.5. The third-order valence-corrected chi connectivity index (χ3v) is 2.74. The molecule has 1 N–H and O–H groups in total. The van der Waals surface area contributed by atoms with Gasteiger partial charge >= 0.3 is 0 Å². The van der Waals surface area contributed by atoms with Crippen LogP contribution < -0.4 is 4.74 Å². The number of hydrogen-bond donors (Lipinski definition) is 1. The number of hydrogen-bond acceptors (Lipinski definition) is 2. The summed E-state index contributed by atoms with van der Waals surface area (Å²) in [5, 5.41) is 9.94. The maximum atomic E-state index is 13.3. The van der Waals surface area contributed by atoms with Gasteiger partial charge < -0.3 is 9.84 Å². The number of halogens is 2. The molecule has 1 aromatic rings. The maximum Gasteiger partial charge on any atom is 0.173 e. The quantitative estimate of drug-likeness (QED) is 0.823. The molecular weight excluding hydrogens is 207 g/mol. The molecule has 0 bridgehead atoms. The molecule has 0 saturated heterocycles. The van der Waals surface area contributed by atoms with Crippen LogP contribution in [0.3, 0.4) is 0 Å². The Morgan fingerprint density at radius 2 is 2.14 bits per heavy atom. The van der Waals surface area contributed by atoms with E-state index in [4.69, 9.17) is 16.3 Å². The summed E-state index contributed by atoms with van der Waals surface area (Å²) >= 11 is 5.79. The topological polar surface area (TPSA) is 29.5 Å². The molecule has 1 saturated carbocycles. The van der Waals surface area contributed by atoms with E-state index in [9.17, 15) is 9.50 Å². The Bertz CT molecular complexity index is 351. The molecule has 0 radical (unpaired) electrons. The molecule has 0 aliphatic heterocycles. The highest BCUT2D eigenvalue weighted by molar-refractivity contribution is 6.32. The SMILES string of the molecule is COc1c(F)cc(C2(O)CC2)cc1Cl. The van der Waals surface area contributed by atoms with Crippen LogP contribution in [0, 0.1) is 5.82 Å². The van der Waals surface area contributed by atoms with E-state index in [-0.39, 0.29) is 10.8 Å². The van der Waals surface area contributed by atoms with Gasteiger partial charge in [0.1, 0.15) is 0 Å². The number of aliphatic hydroxyl groups is 1. The Balaban J connectivity index is 2.47. The van der Waals surface area contributed by atoms with Gasteiger partial charge in [0.2, 0.25) is 0 Å². The van der Waals surface area contributed by atoms with Gasteiger partial charge in [-0.15, -0.1) is 0 Å². The van der Waals surface area contributed by atoms with Crippen LogP contribution >= 0.6 is 11.6 Å². The average Bonchev–Trinajstić information content (AvgIpc) is 2.84. The van der Waals surface area contributed by atoms with Crippen molar-refractivity contribution in [1.82, 2.24) is 0 Å². The zero-order valence-corrected chi connectivity index (χ0v) is 8.44. The zero-order chi connectivity index (χ0) is 10.3. The number of ether oxygens (including phenoxy) is 1. The molecule has 0 aromatic heterocycles. The zero-order valence-electron chi connectivity index (χ0n) is 7.68. The van der Waals surface area contributed by atoms with Crippen LogP contribution in [0.2, 0.25) is 5.02 Å². The van der Waals surface area contributed by atoms with Crippen molar-refractivity contribution in [3.63, 3.8) is 0 Å². The van der Waals surface area contributed by atoms with Gasteiger partial charge in [-0.1, -0.05) is 11.6 Å². The molecular formula is C10H10ClFO2. The molecule has 1 aliphatic carbocycles. The largest absolute Gasteiger partial charge is 0.492 e. The van der Waals surface area contributed by atoms with E-state index in [1.807, 2.05) is 0 Å². The first kappa shape index (κ1) is 9.74. The molecule has 0 unspecified atom stereocenters. The Kier molecular flexibility index (Phi) is 2.16. The van der Waals surface area contributed by atoms with Crippen molar-refractivity contribution < 1.29 is 14.2 Å². The summed E-state index contributed by atoms with van der Waals surface area (Å²) in [5.74, 6) is -0.505. The molecule has 76 valence electrons. The highest BCUT2D eigenvalue weighted by Crippen LogP contribution is 2.47. The van der Waals surface area contributed by atoms with E-state index >= 15 is 0 Å². The lowest BCUT2D eigenvalue weighted by molar-refractivity contribution is 0.151. The van der Waals surface area contributed by atoms with Crippen molar-refractivity contribution in [3.8, 4) is 5.75 Å². The van der Waals surface area contributed by atoms with Crippen LogP contribution in [0.25, 0.3) is 0 Å². The van der Waals surface area contributed by atoms with Gasteiger partial charge in [-0.05, 0) is 30.5 Å². The normalized spacial score (nSPS) is 18.0. The summed E-state index contributed by atoms with van der Waals surface area (Å²) in [7, 11) is 1.36. The summed E-state index contributed by atoms with van der Waals surface area (Å²) in [4.78, 5) is 0. The van der Waals surface area contributed by atoms with Crippen molar-refractivity contribution in [2.24, 2.45) is 0 Å². The third-order valence-electron chi connectivity index (χ3n) is 2.46. The van der Waals surface area contributed by atoms with Crippen LogP contribution in [0.5, 0.6) is 5.75 Å². The minimum atomic E-state index is -0.864. The minimum absolute atomic E-state index is 0.0275. The second kappa shape index (κ2) is 3.11. The van der Waals surface area contributed by atoms with Gasteiger partial charge in [0.25, 0.3) is 0 Å². The maximum absolute atomic E-state index is 13.3. The first-order valence-electron chi connectivity index (χ1n) is 4.33. The Morgan fingerprint density at radius 3 is 2.57 bits per heavy atom. The molecule has 2 nitrogen and oxygen atoms in total. The van der Waals surface area contributed by atoms with E-state index in [1.54, 1.807) is 6.07 Å². The molecule has 0 spiro atoms. The standard InChI is InChI=1S/C10H10ClFO2/c1-14-9-7(11)4-6(5-8(9)12)10(13)2-3-10/h4-5,13H,2-3H2,1H3.